The zero-order chi connectivity index (χ0) is 5.41. The average Bonchev–Trinajstić information content (AvgIpc) is 1.39. The van der Waals surface area contributed by atoms with Gasteiger partial charge in [0.1, 0.15) is 0 Å². The van der Waals surface area contributed by atoms with Crippen LogP contribution in [0.15, 0.2) is 0 Å². The Morgan fingerprint density at radius 2 is 0.889 bits per heavy atom. The molecule has 0 unspecified atom stereocenters. The fraction of sp³-hybridized carbons (Fsp3) is 0.667. The van der Waals surface area contributed by atoms with Gasteiger partial charge >= 0.3 is 0 Å². The van der Waals surface area contributed by atoms with E-state index in [4.69, 9.17) is 0 Å². The van der Waals surface area contributed by atoms with Gasteiger partial charge in [-0.15, -0.1) is 0 Å². The van der Waals surface area contributed by atoms with E-state index in [-0.39, 0.29) is 36.8 Å². The topological polar surface area (TPSA) is 63.0 Å². The molecule has 0 aromatic rings. The number of hydrogen-bond donors (Lipinski definition) is 0. The second-order valence-corrected chi connectivity index (χ2v) is 1.000. The van der Waals surface area contributed by atoms with Gasteiger partial charge in [-0.25, -0.2) is 0 Å². The van der Waals surface area contributed by atoms with Gasteiger partial charge in [-0.3, -0.25) is 0 Å². The summed E-state index contributed by atoms with van der Waals surface area (Å²) >= 11 is 0. The first-order valence-corrected chi connectivity index (χ1v) is 2.41. The molecule has 0 saturated carbocycles. The van der Waals surface area contributed by atoms with Crippen molar-refractivity contribution in [1.29, 1.82) is 0 Å². The molecule has 0 aliphatic heterocycles. The summed E-state index contributed by atoms with van der Waals surface area (Å²) in [5, 5.41) is 0. The SMILES string of the molecule is O.O.[CH2-]CC.[CH2-]CC.[Hf]. The maximum Gasteiger partial charge on any atom is 0 e. The molecule has 0 aliphatic carbocycles. The maximum absolute atomic E-state index is 3.49. The molecule has 0 fully saturated rings. The molecule has 0 heterocycles. The Labute approximate surface area is 77.4 Å². The number of rotatable bonds is 0. The third-order valence-corrected chi connectivity index (χ3v) is 0. The van der Waals surface area contributed by atoms with E-state index in [0.717, 1.165) is 12.8 Å². The van der Waals surface area contributed by atoms with Crippen LogP contribution in [-0.4, -0.2) is 11.0 Å². The summed E-state index contributed by atoms with van der Waals surface area (Å²) in [5.74, 6) is 0. The summed E-state index contributed by atoms with van der Waals surface area (Å²) < 4.78 is 0. The van der Waals surface area contributed by atoms with Crippen LogP contribution in [0.25, 0.3) is 0 Å². The summed E-state index contributed by atoms with van der Waals surface area (Å²) in [6.07, 6.45) is 2.00. The van der Waals surface area contributed by atoms with Crippen LogP contribution < -0.4 is 0 Å². The predicted octanol–water partition coefficient (Wildman–Crippen LogP) is 0.809. The van der Waals surface area contributed by atoms with E-state index in [1.54, 1.807) is 0 Å². The Morgan fingerprint density at radius 1 is 0.889 bits per heavy atom. The van der Waals surface area contributed by atoms with Crippen LogP contribution in [0.4, 0.5) is 0 Å². The fourth-order valence-corrected chi connectivity index (χ4v) is 0. The molecule has 0 atom stereocenters. The van der Waals surface area contributed by atoms with E-state index < -0.39 is 0 Å². The Hall–Kier alpha value is 0.790. The molecule has 9 heavy (non-hydrogen) atoms. The molecule has 0 aliphatic rings. The minimum atomic E-state index is 0. The van der Waals surface area contributed by atoms with Gasteiger partial charge in [-0.05, 0) is 0 Å². The first-order valence-electron chi connectivity index (χ1n) is 2.41. The predicted molar refractivity (Wildman–Crippen MR) is 38.5 cm³/mol. The summed E-state index contributed by atoms with van der Waals surface area (Å²) in [7, 11) is 0. The molecular weight excluding hydrogens is 283 g/mol. The molecule has 0 radical (unpaired) electrons. The zero-order valence-corrected chi connectivity index (χ0v) is 9.92. The van der Waals surface area contributed by atoms with Crippen LogP contribution in [0.2, 0.25) is 0 Å². The van der Waals surface area contributed by atoms with Crippen molar-refractivity contribution in [1.82, 2.24) is 0 Å². The number of hydrogen-bond acceptors (Lipinski definition) is 0. The van der Waals surface area contributed by atoms with Gasteiger partial charge < -0.3 is 24.8 Å². The molecule has 60 valence electrons. The smallest absolute Gasteiger partial charge is 0 e. The molecule has 4 N–H and O–H groups in total. The molecule has 0 bridgehead atoms. The van der Waals surface area contributed by atoms with Crippen molar-refractivity contribution in [2.45, 2.75) is 26.7 Å². The monoisotopic (exact) mass is 302 g/mol. The van der Waals surface area contributed by atoms with Crippen LogP contribution in [0.3, 0.4) is 0 Å². The van der Waals surface area contributed by atoms with Crippen molar-refractivity contribution in [2.75, 3.05) is 0 Å². The van der Waals surface area contributed by atoms with Crippen LogP contribution >= 0.6 is 0 Å². The van der Waals surface area contributed by atoms with Gasteiger partial charge in [-0.2, -0.15) is 12.8 Å². The third kappa shape index (κ3) is 649. The van der Waals surface area contributed by atoms with Gasteiger partial charge in [-0.1, -0.05) is 13.8 Å². The second kappa shape index (κ2) is 68.5. The van der Waals surface area contributed by atoms with Crippen molar-refractivity contribution >= 4 is 0 Å². The Kier molecular flexibility index (Phi) is 251. The average molecular weight is 301 g/mol. The summed E-state index contributed by atoms with van der Waals surface area (Å²) in [4.78, 5) is 0. The normalized spacial score (nSPS) is 4.00. The summed E-state index contributed by atoms with van der Waals surface area (Å²) in [6.45, 7) is 11.0. The van der Waals surface area contributed by atoms with Crippen LogP contribution in [0.1, 0.15) is 26.7 Å². The van der Waals surface area contributed by atoms with Crippen molar-refractivity contribution in [3.63, 3.8) is 0 Å². The van der Waals surface area contributed by atoms with E-state index in [1.165, 1.54) is 0 Å². The first-order chi connectivity index (χ1) is 2.83. The van der Waals surface area contributed by atoms with E-state index in [9.17, 15) is 0 Å². The van der Waals surface area contributed by atoms with E-state index in [0.29, 0.717) is 0 Å². The molecule has 0 rings (SSSR count). The largest absolute Gasteiger partial charge is 0.412 e. The molecule has 0 amide bonds. The Bertz CT molecular complexity index is 13.0. The maximum atomic E-state index is 3.49. The van der Waals surface area contributed by atoms with Gasteiger partial charge in [0.15, 0.2) is 0 Å². The quantitative estimate of drug-likeness (QED) is 0.469. The fourth-order valence-electron chi connectivity index (χ4n) is 0. The summed E-state index contributed by atoms with van der Waals surface area (Å²) in [5.41, 5.74) is 0. The van der Waals surface area contributed by atoms with Gasteiger partial charge in [0, 0.05) is 25.8 Å². The van der Waals surface area contributed by atoms with Crippen molar-refractivity contribution in [2.24, 2.45) is 0 Å². The molecule has 0 aromatic carbocycles. The van der Waals surface area contributed by atoms with Gasteiger partial charge in [0.2, 0.25) is 0 Å². The standard InChI is InChI=1S/2C3H7.Hf.2H2O/c2*1-3-2;;;/h2*1,3H2,2H3;;2*1H2/q2*-1;;;. The van der Waals surface area contributed by atoms with Crippen molar-refractivity contribution < 1.29 is 36.8 Å². The Balaban J connectivity index is -0.00000000889. The second-order valence-electron chi connectivity index (χ2n) is 1.000. The van der Waals surface area contributed by atoms with Crippen molar-refractivity contribution in [3.8, 4) is 0 Å². The minimum Gasteiger partial charge on any atom is -0.412 e. The Morgan fingerprint density at radius 3 is 0.889 bits per heavy atom. The zero-order valence-electron chi connectivity index (χ0n) is 6.33. The molecule has 2 nitrogen and oxygen atoms in total. The minimum absolute atomic E-state index is 0. The molecule has 0 aromatic heterocycles. The molecule has 0 spiro atoms. The van der Waals surface area contributed by atoms with Gasteiger partial charge in [0.25, 0.3) is 0 Å². The molecular formula is C6H18HfO2-2. The van der Waals surface area contributed by atoms with Crippen LogP contribution in [0, 0.1) is 13.8 Å². The molecule has 0 saturated heterocycles. The summed E-state index contributed by atoms with van der Waals surface area (Å²) in [6, 6.07) is 0. The first kappa shape index (κ1) is 33.0. The van der Waals surface area contributed by atoms with Gasteiger partial charge in [0.05, 0.1) is 0 Å². The van der Waals surface area contributed by atoms with Crippen molar-refractivity contribution in [3.05, 3.63) is 13.8 Å². The van der Waals surface area contributed by atoms with E-state index >= 15 is 0 Å². The van der Waals surface area contributed by atoms with E-state index in [2.05, 4.69) is 13.8 Å². The van der Waals surface area contributed by atoms with E-state index in [1.807, 2.05) is 13.8 Å². The van der Waals surface area contributed by atoms with Crippen LogP contribution in [0.5, 0.6) is 0 Å². The third-order valence-electron chi connectivity index (χ3n) is 0. The van der Waals surface area contributed by atoms with Crippen LogP contribution in [-0.2, 0) is 25.8 Å². The molecule has 3 heteroatoms.